The molecule has 0 amide bonds. The maximum Gasteiger partial charge on any atom is 0.181 e. The lowest BCUT2D eigenvalue weighted by atomic mass is 10.0. The van der Waals surface area contributed by atoms with Gasteiger partial charge in [-0.3, -0.25) is 4.90 Å². The Bertz CT molecular complexity index is 938. The monoisotopic (exact) mass is 416 g/mol. The Morgan fingerprint density at radius 1 is 0.966 bits per heavy atom. The Balaban J connectivity index is 1.28. The summed E-state index contributed by atoms with van der Waals surface area (Å²) < 4.78 is 25.8. The van der Waals surface area contributed by atoms with E-state index < -0.39 is 21.2 Å². The molecule has 0 radical (unpaired) electrons. The van der Waals surface area contributed by atoms with Crippen LogP contribution in [0.25, 0.3) is 0 Å². The second-order valence-electron chi connectivity index (χ2n) is 7.94. The van der Waals surface area contributed by atoms with Gasteiger partial charge in [0.25, 0.3) is 0 Å². The van der Waals surface area contributed by atoms with Crippen LogP contribution in [0.15, 0.2) is 53.4 Å². The van der Waals surface area contributed by atoms with Gasteiger partial charge < -0.3 is 15.1 Å². The van der Waals surface area contributed by atoms with Crippen LogP contribution in [0.4, 0.5) is 5.69 Å². The highest BCUT2D eigenvalue weighted by Gasteiger charge is 2.37. The minimum atomic E-state index is -3.37. The molecule has 2 aliphatic heterocycles. The fourth-order valence-electron chi connectivity index (χ4n) is 4.41. The van der Waals surface area contributed by atoms with Gasteiger partial charge in [0.05, 0.1) is 16.2 Å². The lowest BCUT2D eigenvalue weighted by molar-refractivity contribution is 0.156. The van der Waals surface area contributed by atoms with Crippen LogP contribution in [0.3, 0.4) is 0 Å². The molecule has 2 aromatic rings. The Labute approximate surface area is 172 Å². The number of piperazine rings is 1. The fraction of sp³-hybridized carbons (Fsp3) is 0.455. The molecular formula is C22H28N2O4S. The molecule has 2 N–H and O–H groups in total. The van der Waals surface area contributed by atoms with E-state index in [0.717, 1.165) is 44.8 Å². The summed E-state index contributed by atoms with van der Waals surface area (Å²) in [4.78, 5) is 4.97. The summed E-state index contributed by atoms with van der Waals surface area (Å²) in [6.45, 7) is 4.57. The van der Waals surface area contributed by atoms with Crippen molar-refractivity contribution >= 4 is 15.5 Å². The highest BCUT2D eigenvalue weighted by molar-refractivity contribution is 7.92. The summed E-state index contributed by atoms with van der Waals surface area (Å²) in [5.74, 6) is 0.276. The number of rotatable bonds is 5. The molecule has 29 heavy (non-hydrogen) atoms. The van der Waals surface area contributed by atoms with Gasteiger partial charge in [0, 0.05) is 31.9 Å². The number of aromatic hydroxyl groups is 1. The van der Waals surface area contributed by atoms with Gasteiger partial charge in [-0.15, -0.1) is 0 Å². The van der Waals surface area contributed by atoms with Gasteiger partial charge in [-0.25, -0.2) is 8.42 Å². The average molecular weight is 417 g/mol. The van der Waals surface area contributed by atoms with Crippen LogP contribution in [0, 0.1) is 0 Å². The summed E-state index contributed by atoms with van der Waals surface area (Å²) in [6, 6.07) is 14.1. The third-order valence-electron chi connectivity index (χ3n) is 6.10. The highest BCUT2D eigenvalue weighted by atomic mass is 32.2. The number of nitrogens with zero attached hydrogens (tertiary/aromatic N) is 2. The Morgan fingerprint density at radius 2 is 1.66 bits per heavy atom. The zero-order valence-electron chi connectivity index (χ0n) is 16.4. The number of phenols is 1. The van der Waals surface area contributed by atoms with Gasteiger partial charge in [-0.1, -0.05) is 18.2 Å². The van der Waals surface area contributed by atoms with Gasteiger partial charge in [0.2, 0.25) is 0 Å². The number of aliphatic hydroxyl groups is 1. The van der Waals surface area contributed by atoms with Crippen LogP contribution in [0.1, 0.15) is 30.9 Å². The predicted octanol–water partition coefficient (Wildman–Crippen LogP) is 2.57. The van der Waals surface area contributed by atoms with Crippen molar-refractivity contribution in [2.45, 2.75) is 35.5 Å². The standard InChI is InChI=1S/C22H28N2O4S/c25-18-9-7-17(8-10-18)24-14-12-23(13-15-24)11-3-4-19-16-21(26)20-5-1-2-6-22(20)29(19,27)28/h1-2,5-10,19,21,25-26H,3-4,11-16H2. The lowest BCUT2D eigenvalue weighted by Gasteiger charge is -2.36. The molecule has 0 bridgehead atoms. The predicted molar refractivity (Wildman–Crippen MR) is 113 cm³/mol. The number of benzene rings is 2. The third-order valence-corrected chi connectivity index (χ3v) is 8.39. The van der Waals surface area contributed by atoms with Gasteiger partial charge in [0.1, 0.15) is 5.75 Å². The van der Waals surface area contributed by atoms with Crippen molar-refractivity contribution in [1.29, 1.82) is 0 Å². The summed E-state index contributed by atoms with van der Waals surface area (Å²) in [6.07, 6.45) is 0.964. The van der Waals surface area contributed by atoms with Crippen molar-refractivity contribution in [3.05, 3.63) is 54.1 Å². The zero-order valence-corrected chi connectivity index (χ0v) is 17.3. The second-order valence-corrected chi connectivity index (χ2v) is 10.1. The fourth-order valence-corrected chi connectivity index (χ4v) is 6.48. The smallest absolute Gasteiger partial charge is 0.181 e. The van der Waals surface area contributed by atoms with E-state index in [-0.39, 0.29) is 12.2 Å². The summed E-state index contributed by atoms with van der Waals surface area (Å²) in [7, 11) is -3.37. The Morgan fingerprint density at radius 3 is 2.38 bits per heavy atom. The van der Waals surface area contributed by atoms with Crippen molar-refractivity contribution in [3.8, 4) is 5.75 Å². The van der Waals surface area contributed by atoms with Crippen molar-refractivity contribution < 1.29 is 18.6 Å². The van der Waals surface area contributed by atoms with Gasteiger partial charge in [0.15, 0.2) is 9.84 Å². The molecule has 2 unspecified atom stereocenters. The van der Waals surface area contributed by atoms with E-state index >= 15 is 0 Å². The largest absolute Gasteiger partial charge is 0.508 e. The molecule has 1 fully saturated rings. The van der Waals surface area contributed by atoms with Crippen LogP contribution in [-0.2, 0) is 9.84 Å². The lowest BCUT2D eigenvalue weighted by Crippen LogP contribution is -2.46. The van der Waals surface area contributed by atoms with E-state index in [1.807, 2.05) is 12.1 Å². The van der Waals surface area contributed by atoms with Crippen LogP contribution < -0.4 is 4.90 Å². The maximum absolute atomic E-state index is 12.9. The van der Waals surface area contributed by atoms with E-state index in [9.17, 15) is 18.6 Å². The highest BCUT2D eigenvalue weighted by Crippen LogP contribution is 2.37. The zero-order chi connectivity index (χ0) is 20.4. The number of aliphatic hydroxyl groups excluding tert-OH is 1. The maximum atomic E-state index is 12.9. The molecule has 0 aromatic heterocycles. The van der Waals surface area contributed by atoms with Crippen LogP contribution >= 0.6 is 0 Å². The average Bonchev–Trinajstić information content (AvgIpc) is 2.73. The molecule has 4 rings (SSSR count). The molecule has 2 aromatic carbocycles. The number of phenolic OH excluding ortho intramolecular Hbond substituents is 1. The van der Waals surface area contributed by atoms with Gasteiger partial charge >= 0.3 is 0 Å². The first-order valence-electron chi connectivity index (χ1n) is 10.2. The molecule has 7 heteroatoms. The molecule has 1 saturated heterocycles. The molecule has 0 saturated carbocycles. The van der Waals surface area contributed by atoms with E-state index in [0.29, 0.717) is 16.9 Å². The third kappa shape index (κ3) is 4.27. The molecule has 6 nitrogen and oxygen atoms in total. The molecule has 156 valence electrons. The minimum Gasteiger partial charge on any atom is -0.508 e. The van der Waals surface area contributed by atoms with Gasteiger partial charge in [-0.05, 0) is 61.7 Å². The molecular weight excluding hydrogens is 388 g/mol. The second kappa shape index (κ2) is 8.34. The SMILES string of the molecule is O=S1(=O)c2ccccc2C(O)CC1CCCN1CCN(c2ccc(O)cc2)CC1. The molecule has 0 aliphatic carbocycles. The summed E-state index contributed by atoms with van der Waals surface area (Å²) >= 11 is 0. The van der Waals surface area contributed by atoms with E-state index in [4.69, 9.17) is 0 Å². The first kappa shape index (κ1) is 20.2. The summed E-state index contributed by atoms with van der Waals surface area (Å²) in [5, 5.41) is 19.3. The van der Waals surface area contributed by atoms with Crippen molar-refractivity contribution in [2.24, 2.45) is 0 Å². The van der Waals surface area contributed by atoms with E-state index in [2.05, 4.69) is 9.80 Å². The van der Waals surface area contributed by atoms with Crippen LogP contribution in [-0.4, -0.2) is 61.5 Å². The van der Waals surface area contributed by atoms with Crippen LogP contribution in [0.2, 0.25) is 0 Å². The minimum absolute atomic E-state index is 0.276. The first-order chi connectivity index (χ1) is 13.9. The Kier molecular flexibility index (Phi) is 5.81. The molecule has 0 spiro atoms. The molecule has 2 atom stereocenters. The quantitative estimate of drug-likeness (QED) is 0.780. The number of fused-ring (bicyclic) bond motifs is 1. The molecule has 2 heterocycles. The topological polar surface area (TPSA) is 81.1 Å². The van der Waals surface area contributed by atoms with Crippen LogP contribution in [0.5, 0.6) is 5.75 Å². The van der Waals surface area contributed by atoms with E-state index in [1.165, 1.54) is 0 Å². The summed E-state index contributed by atoms with van der Waals surface area (Å²) in [5.41, 5.74) is 1.65. The van der Waals surface area contributed by atoms with Crippen molar-refractivity contribution in [1.82, 2.24) is 4.90 Å². The number of anilines is 1. The first-order valence-corrected chi connectivity index (χ1v) is 11.8. The van der Waals surface area contributed by atoms with E-state index in [1.54, 1.807) is 36.4 Å². The Hall–Kier alpha value is -2.09. The number of hydrogen-bond acceptors (Lipinski definition) is 6. The number of hydrogen-bond donors (Lipinski definition) is 2. The van der Waals surface area contributed by atoms with Crippen molar-refractivity contribution in [2.75, 3.05) is 37.6 Å². The molecule has 2 aliphatic rings. The number of sulfone groups is 1. The normalized spacial score (nSPS) is 24.2. The van der Waals surface area contributed by atoms with Crippen molar-refractivity contribution in [3.63, 3.8) is 0 Å². The van der Waals surface area contributed by atoms with Gasteiger partial charge in [-0.2, -0.15) is 0 Å².